The third-order valence-electron chi connectivity index (χ3n) is 5.39. The molecule has 7 heteroatoms. The smallest absolute Gasteiger partial charge is 0.273 e. The molecular weight excluding hydrogens is 376 g/mol. The van der Waals surface area contributed by atoms with Crippen molar-refractivity contribution >= 4 is 5.91 Å². The molecule has 7 nitrogen and oxygen atoms in total. The molecule has 0 unspecified atom stereocenters. The highest BCUT2D eigenvalue weighted by molar-refractivity contribution is 5.91. The predicted molar refractivity (Wildman–Crippen MR) is 116 cm³/mol. The highest BCUT2D eigenvalue weighted by atomic mass is 16.2. The van der Waals surface area contributed by atoms with Crippen LogP contribution in [-0.2, 0) is 13.1 Å². The van der Waals surface area contributed by atoms with Gasteiger partial charge in [-0.2, -0.15) is 0 Å². The lowest BCUT2D eigenvalue weighted by Gasteiger charge is -2.34. The molecule has 30 heavy (non-hydrogen) atoms. The second-order valence-electron chi connectivity index (χ2n) is 7.65. The van der Waals surface area contributed by atoms with Crippen molar-refractivity contribution < 1.29 is 4.79 Å². The van der Waals surface area contributed by atoms with Crippen LogP contribution in [0.4, 0.5) is 0 Å². The number of carbonyl (C=O) groups excluding carboxylic acids is 1. The van der Waals surface area contributed by atoms with Gasteiger partial charge < -0.3 is 5.32 Å². The van der Waals surface area contributed by atoms with Crippen molar-refractivity contribution in [1.82, 2.24) is 30.1 Å². The van der Waals surface area contributed by atoms with Crippen LogP contribution in [0.1, 0.15) is 21.6 Å². The third-order valence-corrected chi connectivity index (χ3v) is 5.39. The van der Waals surface area contributed by atoms with E-state index in [1.165, 1.54) is 5.56 Å². The van der Waals surface area contributed by atoms with E-state index in [0.29, 0.717) is 18.8 Å². The second kappa shape index (κ2) is 10.1. The fourth-order valence-corrected chi connectivity index (χ4v) is 3.68. The molecule has 0 atom stereocenters. The topological polar surface area (TPSA) is 66.3 Å². The van der Waals surface area contributed by atoms with Crippen molar-refractivity contribution in [2.75, 3.05) is 39.3 Å². The summed E-state index contributed by atoms with van der Waals surface area (Å²) < 4.78 is 1.69. The lowest BCUT2D eigenvalue weighted by atomic mass is 10.2. The minimum Gasteiger partial charge on any atom is -0.349 e. The van der Waals surface area contributed by atoms with Crippen molar-refractivity contribution in [3.05, 3.63) is 83.7 Å². The second-order valence-corrected chi connectivity index (χ2v) is 7.65. The molecule has 1 aliphatic heterocycles. The lowest BCUT2D eigenvalue weighted by Crippen LogP contribution is -2.48. The highest BCUT2D eigenvalue weighted by Gasteiger charge is 2.17. The molecule has 0 spiro atoms. The van der Waals surface area contributed by atoms with E-state index < -0.39 is 0 Å². The Kier molecular flexibility index (Phi) is 6.84. The molecule has 0 bridgehead atoms. The Morgan fingerprint density at radius 2 is 1.43 bits per heavy atom. The van der Waals surface area contributed by atoms with Crippen LogP contribution in [0.15, 0.2) is 66.9 Å². The minimum absolute atomic E-state index is 0.169. The first-order chi connectivity index (χ1) is 14.8. The molecule has 1 saturated heterocycles. The number of benzene rings is 2. The minimum atomic E-state index is -0.169. The number of hydrogen-bond donors (Lipinski definition) is 1. The van der Waals surface area contributed by atoms with Gasteiger partial charge in [0, 0.05) is 45.8 Å². The first-order valence-corrected chi connectivity index (χ1v) is 10.5. The number of amides is 1. The number of rotatable bonds is 8. The average Bonchev–Trinajstić information content (AvgIpc) is 3.25. The molecule has 1 aromatic heterocycles. The van der Waals surface area contributed by atoms with Gasteiger partial charge in [0.2, 0.25) is 0 Å². The molecule has 0 radical (unpaired) electrons. The summed E-state index contributed by atoms with van der Waals surface area (Å²) in [7, 11) is 0. The van der Waals surface area contributed by atoms with Gasteiger partial charge in [-0.1, -0.05) is 65.9 Å². The number of nitrogens with zero attached hydrogens (tertiary/aromatic N) is 5. The Labute approximate surface area is 177 Å². The van der Waals surface area contributed by atoms with E-state index in [2.05, 4.69) is 55.8 Å². The molecular formula is C23H28N6O. The van der Waals surface area contributed by atoms with Gasteiger partial charge in [-0.3, -0.25) is 14.6 Å². The molecule has 0 aliphatic carbocycles. The van der Waals surface area contributed by atoms with Crippen LogP contribution in [0.5, 0.6) is 0 Å². The largest absolute Gasteiger partial charge is 0.349 e. The summed E-state index contributed by atoms with van der Waals surface area (Å²) in [6, 6.07) is 20.6. The van der Waals surface area contributed by atoms with Gasteiger partial charge in [0.1, 0.15) is 0 Å². The summed E-state index contributed by atoms with van der Waals surface area (Å²) in [6.45, 7) is 7.23. The molecule has 1 amide bonds. The fourth-order valence-electron chi connectivity index (χ4n) is 3.68. The van der Waals surface area contributed by atoms with Gasteiger partial charge in [0.15, 0.2) is 5.69 Å². The van der Waals surface area contributed by atoms with Crippen LogP contribution in [-0.4, -0.2) is 70.0 Å². The maximum absolute atomic E-state index is 12.4. The summed E-state index contributed by atoms with van der Waals surface area (Å²) in [5.41, 5.74) is 2.85. The van der Waals surface area contributed by atoms with Crippen LogP contribution >= 0.6 is 0 Å². The predicted octanol–water partition coefficient (Wildman–Crippen LogP) is 1.87. The monoisotopic (exact) mass is 404 g/mol. The Hall–Kier alpha value is -3.03. The summed E-state index contributed by atoms with van der Waals surface area (Å²) in [6.07, 6.45) is 1.70. The molecule has 4 rings (SSSR count). The lowest BCUT2D eigenvalue weighted by molar-refractivity contribution is 0.0929. The first kappa shape index (κ1) is 20.3. The number of nitrogens with one attached hydrogen (secondary N) is 1. The van der Waals surface area contributed by atoms with Gasteiger partial charge in [-0.05, 0) is 11.1 Å². The average molecular weight is 405 g/mol. The first-order valence-electron chi connectivity index (χ1n) is 10.5. The van der Waals surface area contributed by atoms with E-state index >= 15 is 0 Å². The molecule has 1 N–H and O–H groups in total. The van der Waals surface area contributed by atoms with Crippen molar-refractivity contribution in [2.24, 2.45) is 0 Å². The molecule has 156 valence electrons. The van der Waals surface area contributed by atoms with E-state index in [1.54, 1.807) is 10.9 Å². The van der Waals surface area contributed by atoms with E-state index in [9.17, 15) is 4.79 Å². The van der Waals surface area contributed by atoms with Gasteiger partial charge >= 0.3 is 0 Å². The molecule has 0 saturated carbocycles. The standard InChI is InChI=1S/C23H28N6O/c30-23(22-19-29(26-25-22)18-21-9-5-2-6-10-21)24-11-12-27-13-15-28(16-14-27)17-20-7-3-1-4-8-20/h1-10,19H,11-18H2,(H,24,30). The number of hydrogen-bond acceptors (Lipinski definition) is 5. The van der Waals surface area contributed by atoms with Crippen LogP contribution in [0.2, 0.25) is 0 Å². The quantitative estimate of drug-likeness (QED) is 0.621. The van der Waals surface area contributed by atoms with Crippen molar-refractivity contribution in [1.29, 1.82) is 0 Å². The molecule has 2 heterocycles. The SMILES string of the molecule is O=C(NCCN1CCN(Cc2ccccc2)CC1)c1cn(Cc2ccccc2)nn1. The van der Waals surface area contributed by atoms with Crippen LogP contribution < -0.4 is 5.32 Å². The Morgan fingerprint density at radius 3 is 2.10 bits per heavy atom. The molecule has 1 aliphatic rings. The zero-order valence-electron chi connectivity index (χ0n) is 17.2. The zero-order chi connectivity index (χ0) is 20.6. The Morgan fingerprint density at radius 1 is 0.833 bits per heavy atom. The summed E-state index contributed by atoms with van der Waals surface area (Å²) >= 11 is 0. The summed E-state index contributed by atoms with van der Waals surface area (Å²) in [5, 5.41) is 11.0. The number of carbonyl (C=O) groups is 1. The summed E-state index contributed by atoms with van der Waals surface area (Å²) in [5.74, 6) is -0.169. The Balaban J connectivity index is 1.16. The van der Waals surface area contributed by atoms with Crippen LogP contribution in [0.3, 0.4) is 0 Å². The van der Waals surface area contributed by atoms with Gasteiger partial charge in [0.25, 0.3) is 5.91 Å². The maximum atomic E-state index is 12.4. The third kappa shape index (κ3) is 5.75. The molecule has 1 fully saturated rings. The normalized spacial score (nSPS) is 15.2. The van der Waals surface area contributed by atoms with E-state index in [4.69, 9.17) is 0 Å². The van der Waals surface area contributed by atoms with Crippen LogP contribution in [0.25, 0.3) is 0 Å². The van der Waals surface area contributed by atoms with E-state index in [-0.39, 0.29) is 5.91 Å². The van der Waals surface area contributed by atoms with Crippen molar-refractivity contribution in [3.8, 4) is 0 Å². The van der Waals surface area contributed by atoms with Crippen molar-refractivity contribution in [3.63, 3.8) is 0 Å². The van der Waals surface area contributed by atoms with Gasteiger partial charge in [-0.15, -0.1) is 5.10 Å². The van der Waals surface area contributed by atoms with Gasteiger partial charge in [-0.25, -0.2) is 4.68 Å². The Bertz CT molecular complexity index is 919. The van der Waals surface area contributed by atoms with E-state index in [0.717, 1.165) is 44.8 Å². The summed E-state index contributed by atoms with van der Waals surface area (Å²) in [4.78, 5) is 17.2. The molecule has 2 aromatic carbocycles. The fraction of sp³-hybridized carbons (Fsp3) is 0.348. The van der Waals surface area contributed by atoms with Crippen molar-refractivity contribution in [2.45, 2.75) is 13.1 Å². The maximum Gasteiger partial charge on any atom is 0.273 e. The van der Waals surface area contributed by atoms with Crippen LogP contribution in [0, 0.1) is 0 Å². The number of piperazine rings is 1. The zero-order valence-corrected chi connectivity index (χ0v) is 17.2. The number of aromatic nitrogens is 3. The van der Waals surface area contributed by atoms with Gasteiger partial charge in [0.05, 0.1) is 12.7 Å². The highest BCUT2D eigenvalue weighted by Crippen LogP contribution is 2.08. The molecule has 3 aromatic rings. The van der Waals surface area contributed by atoms with E-state index in [1.807, 2.05) is 30.3 Å².